The average Bonchev–Trinajstić information content (AvgIpc) is 2.88. The molecule has 184 valence electrons. The van der Waals surface area contributed by atoms with Gasteiger partial charge >= 0.3 is 6.01 Å². The minimum atomic E-state index is -0.298. The van der Waals surface area contributed by atoms with E-state index < -0.39 is 0 Å². The van der Waals surface area contributed by atoms with Gasteiger partial charge in [-0.05, 0) is 44.2 Å². The van der Waals surface area contributed by atoms with Gasteiger partial charge in [-0.1, -0.05) is 18.2 Å². The van der Waals surface area contributed by atoms with Gasteiger partial charge in [0.15, 0.2) is 0 Å². The molecule has 2 aromatic heterocycles. The number of piperazine rings is 1. The number of anilines is 2. The topological polar surface area (TPSA) is 102 Å². The van der Waals surface area contributed by atoms with E-state index >= 15 is 0 Å². The number of nitrogens with zero attached hydrogens (tertiary/aromatic N) is 4. The molecule has 9 nitrogen and oxygen atoms in total. The predicted octanol–water partition coefficient (Wildman–Crippen LogP) is 4.26. The Balaban J connectivity index is 1.41. The first-order valence-electron chi connectivity index (χ1n) is 11.8. The van der Waals surface area contributed by atoms with Crippen molar-refractivity contribution in [2.75, 3.05) is 30.4 Å². The second-order valence-electron chi connectivity index (χ2n) is 8.88. The number of amides is 1. The molecule has 4 aromatic rings. The lowest BCUT2D eigenvalue weighted by Gasteiger charge is -2.38. The zero-order chi connectivity index (χ0) is 25.1. The Bertz CT molecular complexity index is 1350. The molecular formula is C27H28N6O3. The number of methoxy groups -OCH3 is 1. The highest BCUT2D eigenvalue weighted by Crippen LogP contribution is 2.31. The molecule has 1 amide bonds. The lowest BCUT2D eigenvalue weighted by atomic mass is 10.0. The third-order valence-corrected chi connectivity index (χ3v) is 5.99. The molecule has 5 rings (SSSR count). The molecule has 1 aliphatic heterocycles. The summed E-state index contributed by atoms with van der Waals surface area (Å²) in [7, 11) is 1.51. The molecule has 0 spiro atoms. The number of ether oxygens (including phenoxy) is 2. The monoisotopic (exact) mass is 484 g/mol. The third kappa shape index (κ3) is 5.06. The van der Waals surface area contributed by atoms with Gasteiger partial charge in [0, 0.05) is 48.5 Å². The van der Waals surface area contributed by atoms with E-state index in [9.17, 15) is 4.79 Å². The summed E-state index contributed by atoms with van der Waals surface area (Å²) in [6.45, 7) is 6.02. The third-order valence-electron chi connectivity index (χ3n) is 5.99. The van der Waals surface area contributed by atoms with E-state index in [-0.39, 0.29) is 11.9 Å². The molecule has 2 atom stereocenters. The number of pyridine rings is 1. The Morgan fingerprint density at radius 1 is 1.00 bits per heavy atom. The Labute approximate surface area is 209 Å². The van der Waals surface area contributed by atoms with Gasteiger partial charge in [-0.2, -0.15) is 4.98 Å². The van der Waals surface area contributed by atoms with E-state index in [2.05, 4.69) is 44.3 Å². The number of benzene rings is 2. The lowest BCUT2D eigenvalue weighted by molar-refractivity contribution is 0.102. The van der Waals surface area contributed by atoms with Crippen molar-refractivity contribution >= 4 is 28.2 Å². The maximum atomic E-state index is 13.3. The minimum absolute atomic E-state index is 0.208. The number of para-hydroxylation sites is 1. The maximum absolute atomic E-state index is 13.3. The van der Waals surface area contributed by atoms with E-state index in [1.54, 1.807) is 30.6 Å². The molecule has 0 bridgehead atoms. The highest BCUT2D eigenvalue weighted by atomic mass is 16.5. The number of hydrogen-bond donors (Lipinski definition) is 2. The second-order valence-corrected chi connectivity index (χ2v) is 8.88. The van der Waals surface area contributed by atoms with Crippen LogP contribution in [0.5, 0.6) is 17.6 Å². The summed E-state index contributed by atoms with van der Waals surface area (Å²) in [5.74, 6) is 0.828. The fraction of sp³-hybridized carbons (Fsp3) is 0.259. The van der Waals surface area contributed by atoms with Crippen LogP contribution < -0.4 is 25.0 Å². The molecule has 1 fully saturated rings. The normalized spacial score (nSPS) is 17.6. The fourth-order valence-electron chi connectivity index (χ4n) is 4.49. The molecule has 0 unspecified atom stereocenters. The number of hydrogen-bond acceptors (Lipinski definition) is 8. The average molecular weight is 485 g/mol. The van der Waals surface area contributed by atoms with Gasteiger partial charge in [-0.25, -0.2) is 9.97 Å². The first kappa shape index (κ1) is 23.5. The summed E-state index contributed by atoms with van der Waals surface area (Å²) in [5, 5.41) is 7.26. The number of rotatable bonds is 6. The summed E-state index contributed by atoms with van der Waals surface area (Å²) < 4.78 is 11.0. The van der Waals surface area contributed by atoms with Crippen LogP contribution in [0.2, 0.25) is 0 Å². The van der Waals surface area contributed by atoms with Gasteiger partial charge in [-0.3, -0.25) is 4.79 Å². The van der Waals surface area contributed by atoms with Crippen molar-refractivity contribution in [1.82, 2.24) is 20.3 Å². The zero-order valence-electron chi connectivity index (χ0n) is 20.4. The number of aromatic nitrogens is 3. The Hall–Kier alpha value is -4.24. The van der Waals surface area contributed by atoms with E-state index in [0.717, 1.165) is 24.2 Å². The van der Waals surface area contributed by atoms with E-state index in [4.69, 9.17) is 9.47 Å². The van der Waals surface area contributed by atoms with Crippen LogP contribution >= 0.6 is 0 Å². The first-order valence-corrected chi connectivity index (χ1v) is 11.8. The van der Waals surface area contributed by atoms with Crippen molar-refractivity contribution in [3.8, 4) is 17.6 Å². The van der Waals surface area contributed by atoms with Gasteiger partial charge in [-0.15, -0.1) is 0 Å². The second kappa shape index (κ2) is 10.2. The molecule has 1 aliphatic rings. The van der Waals surface area contributed by atoms with Crippen LogP contribution in [0.1, 0.15) is 24.2 Å². The molecular weight excluding hydrogens is 456 g/mol. The highest BCUT2D eigenvalue weighted by Gasteiger charge is 2.24. The van der Waals surface area contributed by atoms with Gasteiger partial charge in [0.25, 0.3) is 5.91 Å². The van der Waals surface area contributed by atoms with Gasteiger partial charge < -0.3 is 25.0 Å². The van der Waals surface area contributed by atoms with Crippen LogP contribution in [0.15, 0.2) is 67.0 Å². The molecule has 2 aromatic carbocycles. The molecule has 1 saturated heterocycles. The summed E-state index contributed by atoms with van der Waals surface area (Å²) in [6, 6.07) is 17.5. The summed E-state index contributed by atoms with van der Waals surface area (Å²) in [4.78, 5) is 28.8. The Morgan fingerprint density at radius 2 is 1.78 bits per heavy atom. The van der Waals surface area contributed by atoms with E-state index in [0.29, 0.717) is 40.5 Å². The SMILES string of the molecule is COc1ncc2c(N3C[C@@H](C)N[C@@H](C)C3)ccc(C(=O)Nc3ccc(Oc4ccccc4)nc3)c2n1. The van der Waals surface area contributed by atoms with Crippen LogP contribution in [-0.2, 0) is 0 Å². The summed E-state index contributed by atoms with van der Waals surface area (Å²) in [5.41, 5.74) is 2.50. The lowest BCUT2D eigenvalue weighted by Crippen LogP contribution is -2.54. The van der Waals surface area contributed by atoms with E-state index in [1.165, 1.54) is 7.11 Å². The van der Waals surface area contributed by atoms with Crippen molar-refractivity contribution < 1.29 is 14.3 Å². The van der Waals surface area contributed by atoms with Crippen molar-refractivity contribution in [2.45, 2.75) is 25.9 Å². The van der Waals surface area contributed by atoms with Crippen molar-refractivity contribution in [3.63, 3.8) is 0 Å². The quantitative estimate of drug-likeness (QED) is 0.419. The maximum Gasteiger partial charge on any atom is 0.316 e. The number of fused-ring (bicyclic) bond motifs is 1. The standard InChI is InChI=1S/C27H28N6O3/c1-17-15-33(16-18(2)30-17)23-11-10-21(25-22(23)14-29-27(32-25)35-3)26(34)31-19-9-12-24(28-13-19)36-20-7-5-4-6-8-20/h4-14,17-18,30H,15-16H2,1-3H3,(H,31,34)/t17-,18+. The largest absolute Gasteiger partial charge is 0.467 e. The number of nitrogens with one attached hydrogen (secondary N) is 2. The first-order chi connectivity index (χ1) is 17.5. The van der Waals surface area contributed by atoms with Crippen LogP contribution in [0.3, 0.4) is 0 Å². The predicted molar refractivity (Wildman–Crippen MR) is 139 cm³/mol. The fourth-order valence-corrected chi connectivity index (χ4v) is 4.49. The van der Waals surface area contributed by atoms with Crippen LogP contribution in [0, 0.1) is 0 Å². The molecule has 0 saturated carbocycles. The summed E-state index contributed by atoms with van der Waals surface area (Å²) >= 11 is 0. The Morgan fingerprint density at radius 3 is 2.47 bits per heavy atom. The smallest absolute Gasteiger partial charge is 0.316 e. The molecule has 0 aliphatic carbocycles. The number of carbonyl (C=O) groups excluding carboxylic acids is 1. The molecule has 3 heterocycles. The van der Waals surface area contributed by atoms with Gasteiger partial charge in [0.2, 0.25) is 5.88 Å². The molecule has 9 heteroatoms. The van der Waals surface area contributed by atoms with Crippen molar-refractivity contribution in [1.29, 1.82) is 0 Å². The molecule has 0 radical (unpaired) electrons. The highest BCUT2D eigenvalue weighted by molar-refractivity contribution is 6.13. The molecule has 2 N–H and O–H groups in total. The summed E-state index contributed by atoms with van der Waals surface area (Å²) in [6.07, 6.45) is 3.29. The number of carbonyl (C=O) groups is 1. The molecule has 36 heavy (non-hydrogen) atoms. The van der Waals surface area contributed by atoms with Crippen molar-refractivity contribution in [2.24, 2.45) is 0 Å². The van der Waals surface area contributed by atoms with Crippen LogP contribution in [0.25, 0.3) is 10.9 Å². The van der Waals surface area contributed by atoms with Gasteiger partial charge in [0.1, 0.15) is 5.75 Å². The van der Waals surface area contributed by atoms with Crippen LogP contribution in [0.4, 0.5) is 11.4 Å². The minimum Gasteiger partial charge on any atom is -0.467 e. The Kier molecular flexibility index (Phi) is 6.64. The zero-order valence-corrected chi connectivity index (χ0v) is 20.4. The van der Waals surface area contributed by atoms with Crippen molar-refractivity contribution in [3.05, 3.63) is 72.6 Å². The van der Waals surface area contributed by atoms with Crippen LogP contribution in [-0.4, -0.2) is 53.1 Å². The van der Waals surface area contributed by atoms with E-state index in [1.807, 2.05) is 36.4 Å². The van der Waals surface area contributed by atoms with Gasteiger partial charge in [0.05, 0.1) is 30.1 Å².